The predicted molar refractivity (Wildman–Crippen MR) is 47.1 cm³/mol. The molecule has 70 valence electrons. The summed E-state index contributed by atoms with van der Waals surface area (Å²) >= 11 is 0. The van der Waals surface area contributed by atoms with Gasteiger partial charge in [0, 0.05) is 18.6 Å². The van der Waals surface area contributed by atoms with Gasteiger partial charge in [0.2, 0.25) is 0 Å². The number of carboxylic acids is 1. The van der Waals surface area contributed by atoms with Crippen LogP contribution in [0.4, 0.5) is 0 Å². The third kappa shape index (κ3) is 2.81. The van der Waals surface area contributed by atoms with Crippen LogP contribution in [0, 0.1) is 0 Å². The van der Waals surface area contributed by atoms with Crippen molar-refractivity contribution in [1.29, 1.82) is 0 Å². The van der Waals surface area contributed by atoms with Gasteiger partial charge >= 0.3 is 5.97 Å². The highest BCUT2D eigenvalue weighted by molar-refractivity contribution is 5.66. The van der Waals surface area contributed by atoms with Crippen LogP contribution >= 0.6 is 0 Å². The zero-order chi connectivity index (χ0) is 9.14. The average Bonchev–Trinajstić information content (AvgIpc) is 2.69. The molecule has 0 radical (unpaired) electrons. The second-order valence-corrected chi connectivity index (χ2v) is 3.71. The van der Waals surface area contributed by atoms with Crippen LogP contribution in [0.1, 0.15) is 33.1 Å². The van der Waals surface area contributed by atoms with E-state index in [1.165, 1.54) is 12.8 Å². The minimum atomic E-state index is -0.693. The van der Waals surface area contributed by atoms with Gasteiger partial charge in [0.1, 0.15) is 0 Å². The number of rotatable bonds is 5. The average molecular weight is 171 g/mol. The zero-order valence-corrected chi connectivity index (χ0v) is 7.79. The molecule has 0 aromatic heterocycles. The summed E-state index contributed by atoms with van der Waals surface area (Å²) in [5.74, 6) is -0.693. The summed E-state index contributed by atoms with van der Waals surface area (Å²) in [6, 6.07) is 1.15. The molecule has 1 saturated carbocycles. The number of carbonyl (C=O) groups is 1. The standard InChI is InChI=1S/C9H17NO2/c1-7(2)10(8-3-4-8)6-5-9(11)12/h7-8H,3-6H2,1-2H3,(H,11,12). The monoisotopic (exact) mass is 171 g/mol. The number of carboxylic acid groups (broad SMARTS) is 1. The van der Waals surface area contributed by atoms with Crippen LogP contribution in [-0.2, 0) is 4.79 Å². The predicted octanol–water partition coefficient (Wildman–Crippen LogP) is 1.33. The van der Waals surface area contributed by atoms with Crippen molar-refractivity contribution in [2.24, 2.45) is 0 Å². The highest BCUT2D eigenvalue weighted by atomic mass is 16.4. The zero-order valence-electron chi connectivity index (χ0n) is 7.79. The molecule has 1 rings (SSSR count). The van der Waals surface area contributed by atoms with Gasteiger partial charge in [-0.05, 0) is 26.7 Å². The van der Waals surface area contributed by atoms with Crippen LogP contribution in [0.15, 0.2) is 0 Å². The highest BCUT2D eigenvalue weighted by Gasteiger charge is 2.30. The van der Waals surface area contributed by atoms with E-state index < -0.39 is 5.97 Å². The first-order chi connectivity index (χ1) is 5.61. The molecule has 3 heteroatoms. The summed E-state index contributed by atoms with van der Waals surface area (Å²) in [4.78, 5) is 12.6. The van der Waals surface area contributed by atoms with E-state index in [1.807, 2.05) is 0 Å². The van der Waals surface area contributed by atoms with Crippen molar-refractivity contribution in [2.45, 2.75) is 45.2 Å². The van der Waals surface area contributed by atoms with Crippen LogP contribution in [0.5, 0.6) is 0 Å². The van der Waals surface area contributed by atoms with Crippen molar-refractivity contribution < 1.29 is 9.90 Å². The Morgan fingerprint density at radius 3 is 2.50 bits per heavy atom. The second kappa shape index (κ2) is 3.90. The summed E-state index contributed by atoms with van der Waals surface area (Å²) in [5.41, 5.74) is 0. The molecule has 0 aromatic rings. The van der Waals surface area contributed by atoms with Crippen LogP contribution in [0.3, 0.4) is 0 Å². The first kappa shape index (κ1) is 9.52. The molecule has 0 aromatic carbocycles. The Balaban J connectivity index is 2.28. The van der Waals surface area contributed by atoms with Crippen LogP contribution < -0.4 is 0 Å². The van der Waals surface area contributed by atoms with E-state index in [4.69, 9.17) is 5.11 Å². The Kier molecular flexibility index (Phi) is 3.09. The van der Waals surface area contributed by atoms with Gasteiger partial charge < -0.3 is 5.11 Å². The molecule has 0 spiro atoms. The Morgan fingerprint density at radius 1 is 1.58 bits per heavy atom. The van der Waals surface area contributed by atoms with Crippen molar-refractivity contribution in [3.8, 4) is 0 Å². The minimum Gasteiger partial charge on any atom is -0.481 e. The van der Waals surface area contributed by atoms with E-state index in [2.05, 4.69) is 18.7 Å². The summed E-state index contributed by atoms with van der Waals surface area (Å²) in [5, 5.41) is 8.52. The van der Waals surface area contributed by atoms with E-state index in [0.717, 1.165) is 0 Å². The highest BCUT2D eigenvalue weighted by Crippen LogP contribution is 2.28. The van der Waals surface area contributed by atoms with Crippen molar-refractivity contribution in [3.05, 3.63) is 0 Å². The van der Waals surface area contributed by atoms with Crippen LogP contribution in [0.2, 0.25) is 0 Å². The minimum absolute atomic E-state index is 0.272. The Labute approximate surface area is 73.4 Å². The molecule has 12 heavy (non-hydrogen) atoms. The van der Waals surface area contributed by atoms with Gasteiger partial charge in [0.25, 0.3) is 0 Å². The summed E-state index contributed by atoms with van der Waals surface area (Å²) in [6.45, 7) is 4.96. The van der Waals surface area contributed by atoms with Crippen LogP contribution in [-0.4, -0.2) is 34.6 Å². The fraction of sp³-hybridized carbons (Fsp3) is 0.889. The maximum absolute atomic E-state index is 10.3. The van der Waals surface area contributed by atoms with E-state index >= 15 is 0 Å². The maximum atomic E-state index is 10.3. The number of nitrogens with zero attached hydrogens (tertiary/aromatic N) is 1. The molecular weight excluding hydrogens is 154 g/mol. The van der Waals surface area contributed by atoms with Gasteiger partial charge in [0.15, 0.2) is 0 Å². The molecule has 1 fully saturated rings. The van der Waals surface area contributed by atoms with Crippen molar-refractivity contribution in [2.75, 3.05) is 6.54 Å². The van der Waals surface area contributed by atoms with Gasteiger partial charge in [-0.2, -0.15) is 0 Å². The summed E-state index contributed by atoms with van der Waals surface area (Å²) in [6.07, 6.45) is 2.77. The molecular formula is C9H17NO2. The lowest BCUT2D eigenvalue weighted by atomic mass is 10.3. The molecule has 3 nitrogen and oxygen atoms in total. The largest absolute Gasteiger partial charge is 0.481 e. The van der Waals surface area contributed by atoms with E-state index in [1.54, 1.807) is 0 Å². The van der Waals surface area contributed by atoms with Crippen molar-refractivity contribution >= 4 is 5.97 Å². The van der Waals surface area contributed by atoms with E-state index in [-0.39, 0.29) is 6.42 Å². The van der Waals surface area contributed by atoms with Crippen LogP contribution in [0.25, 0.3) is 0 Å². The first-order valence-electron chi connectivity index (χ1n) is 4.59. The topological polar surface area (TPSA) is 40.5 Å². The van der Waals surface area contributed by atoms with Gasteiger partial charge in [-0.1, -0.05) is 0 Å². The van der Waals surface area contributed by atoms with E-state index in [0.29, 0.717) is 18.6 Å². The lowest BCUT2D eigenvalue weighted by Crippen LogP contribution is -2.34. The first-order valence-corrected chi connectivity index (χ1v) is 4.59. The molecule has 0 saturated heterocycles. The Bertz CT molecular complexity index is 162. The SMILES string of the molecule is CC(C)N(CCC(=O)O)C1CC1. The van der Waals surface area contributed by atoms with Gasteiger partial charge in [-0.25, -0.2) is 0 Å². The van der Waals surface area contributed by atoms with Crippen molar-refractivity contribution in [1.82, 2.24) is 4.90 Å². The number of hydrogen-bond donors (Lipinski definition) is 1. The smallest absolute Gasteiger partial charge is 0.304 e. The molecule has 1 aliphatic rings. The molecule has 0 amide bonds. The fourth-order valence-corrected chi connectivity index (χ4v) is 1.49. The third-order valence-electron chi connectivity index (χ3n) is 2.26. The second-order valence-electron chi connectivity index (χ2n) is 3.71. The number of aliphatic carboxylic acids is 1. The summed E-state index contributed by atoms with van der Waals surface area (Å²) < 4.78 is 0. The normalized spacial score (nSPS) is 17.3. The lowest BCUT2D eigenvalue weighted by molar-refractivity contribution is -0.137. The quantitative estimate of drug-likeness (QED) is 0.678. The fourth-order valence-electron chi connectivity index (χ4n) is 1.49. The van der Waals surface area contributed by atoms with E-state index in [9.17, 15) is 4.79 Å². The number of hydrogen-bond acceptors (Lipinski definition) is 2. The van der Waals surface area contributed by atoms with Crippen molar-refractivity contribution in [3.63, 3.8) is 0 Å². The molecule has 0 atom stereocenters. The Hall–Kier alpha value is -0.570. The van der Waals surface area contributed by atoms with Gasteiger partial charge in [0.05, 0.1) is 6.42 Å². The molecule has 0 unspecified atom stereocenters. The maximum Gasteiger partial charge on any atom is 0.304 e. The molecule has 0 heterocycles. The van der Waals surface area contributed by atoms with Gasteiger partial charge in [-0.15, -0.1) is 0 Å². The lowest BCUT2D eigenvalue weighted by Gasteiger charge is -2.25. The summed E-state index contributed by atoms with van der Waals surface area (Å²) in [7, 11) is 0. The molecule has 1 aliphatic carbocycles. The van der Waals surface area contributed by atoms with Gasteiger partial charge in [-0.3, -0.25) is 9.69 Å². The third-order valence-corrected chi connectivity index (χ3v) is 2.26. The molecule has 0 aliphatic heterocycles. The molecule has 1 N–H and O–H groups in total. The molecule has 0 bridgehead atoms. The Morgan fingerprint density at radius 2 is 2.17 bits per heavy atom.